The van der Waals surface area contributed by atoms with E-state index in [0.717, 1.165) is 16.6 Å². The Morgan fingerprint density at radius 2 is 1.89 bits per heavy atom. The van der Waals surface area contributed by atoms with Crippen LogP contribution in [0, 0.1) is 5.92 Å². The minimum Gasteiger partial charge on any atom is -0.492 e. The lowest BCUT2D eigenvalue weighted by Crippen LogP contribution is -2.40. The largest absolute Gasteiger partial charge is 0.492 e. The van der Waals surface area contributed by atoms with Crippen LogP contribution in [0.4, 0.5) is 0 Å². The van der Waals surface area contributed by atoms with Crippen molar-refractivity contribution >= 4 is 27.8 Å². The maximum atomic E-state index is 12.7. The Balaban J connectivity index is 1.86. The number of hydrogen-bond donors (Lipinski definition) is 0. The smallest absolute Gasteiger partial charge is 0.309 e. The molecule has 0 bridgehead atoms. The lowest BCUT2D eigenvalue weighted by Gasteiger charge is -2.31. The van der Waals surface area contributed by atoms with Crippen LogP contribution in [-0.2, 0) is 9.53 Å². The fourth-order valence-electron chi connectivity index (χ4n) is 3.22. The lowest BCUT2D eigenvalue weighted by molar-refractivity contribution is -0.149. The van der Waals surface area contributed by atoms with Crippen LogP contribution < -0.4 is 4.74 Å². The molecule has 1 fully saturated rings. The molecule has 5 nitrogen and oxygen atoms in total. The van der Waals surface area contributed by atoms with Crippen molar-refractivity contribution in [3.63, 3.8) is 0 Å². The fraction of sp³-hybridized carbons (Fsp3) is 0.619. The summed E-state index contributed by atoms with van der Waals surface area (Å²) in [6.07, 6.45) is 5.96. The van der Waals surface area contributed by atoms with Crippen molar-refractivity contribution in [2.75, 3.05) is 26.3 Å². The van der Waals surface area contributed by atoms with E-state index >= 15 is 0 Å². The van der Waals surface area contributed by atoms with Crippen molar-refractivity contribution in [3.8, 4) is 5.75 Å². The molecule has 0 saturated carbocycles. The number of carbonyl (C=O) groups is 2. The quantitative estimate of drug-likeness (QED) is 0.408. The van der Waals surface area contributed by atoms with E-state index in [1.165, 1.54) is 19.3 Å². The zero-order valence-electron chi connectivity index (χ0n) is 16.3. The molecular formula is C21H30BrNO4. The minimum absolute atomic E-state index is 0.00694. The van der Waals surface area contributed by atoms with Crippen LogP contribution in [0.15, 0.2) is 22.7 Å². The van der Waals surface area contributed by atoms with Crippen molar-refractivity contribution in [2.45, 2.75) is 52.4 Å². The maximum Gasteiger partial charge on any atom is 0.309 e. The van der Waals surface area contributed by atoms with Gasteiger partial charge in [-0.15, -0.1) is 0 Å². The van der Waals surface area contributed by atoms with Crippen LogP contribution in [0.5, 0.6) is 5.75 Å². The summed E-state index contributed by atoms with van der Waals surface area (Å²) < 4.78 is 11.7. The van der Waals surface area contributed by atoms with E-state index in [1.54, 1.807) is 0 Å². The molecule has 0 spiro atoms. The number of nitrogens with zero attached hydrogens (tertiary/aromatic N) is 1. The molecule has 150 valence electrons. The number of amides is 1. The van der Waals surface area contributed by atoms with Crippen molar-refractivity contribution in [1.29, 1.82) is 0 Å². The third-order valence-electron chi connectivity index (χ3n) is 4.84. The van der Waals surface area contributed by atoms with Gasteiger partial charge in [0.15, 0.2) is 0 Å². The average Bonchev–Trinajstić information content (AvgIpc) is 2.68. The Kier molecular flexibility index (Phi) is 9.11. The van der Waals surface area contributed by atoms with E-state index in [1.807, 2.05) is 30.0 Å². The van der Waals surface area contributed by atoms with Crippen molar-refractivity contribution in [2.24, 2.45) is 5.92 Å². The van der Waals surface area contributed by atoms with Gasteiger partial charge in [-0.25, -0.2) is 0 Å². The molecule has 2 rings (SSSR count). The Morgan fingerprint density at radius 1 is 1.15 bits per heavy atom. The van der Waals surface area contributed by atoms with Crippen LogP contribution >= 0.6 is 15.9 Å². The topological polar surface area (TPSA) is 55.8 Å². The second-order valence-electron chi connectivity index (χ2n) is 6.87. The van der Waals surface area contributed by atoms with Gasteiger partial charge in [0.25, 0.3) is 5.91 Å². The molecule has 1 aliphatic heterocycles. The van der Waals surface area contributed by atoms with Crippen LogP contribution in [-0.4, -0.2) is 43.1 Å². The van der Waals surface area contributed by atoms with Crippen molar-refractivity contribution < 1.29 is 19.1 Å². The molecule has 0 radical (unpaired) electrons. The standard InChI is InChI=1S/C21H30BrNO4/c1-3-5-6-7-14-27-19-9-8-17(15-18(19)22)20(24)23-12-10-16(11-13-23)21(25)26-4-2/h8-9,15-16H,3-7,10-14H2,1-2H3. The molecule has 0 N–H and O–H groups in total. The number of esters is 1. The summed E-state index contributed by atoms with van der Waals surface area (Å²) in [4.78, 5) is 26.4. The summed E-state index contributed by atoms with van der Waals surface area (Å²) in [5.74, 6) is 0.522. The Hall–Kier alpha value is -1.56. The van der Waals surface area contributed by atoms with Gasteiger partial charge in [-0.1, -0.05) is 26.2 Å². The van der Waals surface area contributed by atoms with Crippen LogP contribution in [0.1, 0.15) is 62.7 Å². The van der Waals surface area contributed by atoms with Crippen LogP contribution in [0.3, 0.4) is 0 Å². The number of hydrogen-bond acceptors (Lipinski definition) is 4. The van der Waals surface area contributed by atoms with E-state index in [-0.39, 0.29) is 17.8 Å². The normalized spacial score (nSPS) is 14.9. The lowest BCUT2D eigenvalue weighted by atomic mass is 9.96. The summed E-state index contributed by atoms with van der Waals surface area (Å²) >= 11 is 3.51. The van der Waals surface area contributed by atoms with Gasteiger partial charge in [-0.2, -0.15) is 0 Å². The second-order valence-corrected chi connectivity index (χ2v) is 7.73. The van der Waals surface area contributed by atoms with Crippen molar-refractivity contribution in [1.82, 2.24) is 4.90 Å². The van der Waals surface area contributed by atoms with E-state index in [4.69, 9.17) is 9.47 Å². The molecule has 27 heavy (non-hydrogen) atoms. The van der Waals surface area contributed by atoms with Gasteiger partial charge in [-0.05, 0) is 60.3 Å². The highest BCUT2D eigenvalue weighted by Gasteiger charge is 2.28. The van der Waals surface area contributed by atoms with Gasteiger partial charge in [0.05, 0.1) is 23.6 Å². The molecule has 1 heterocycles. The summed E-state index contributed by atoms with van der Waals surface area (Å²) in [6.45, 7) is 6.25. The predicted octanol–water partition coefficient (Wildman–Crippen LogP) is 4.82. The summed E-state index contributed by atoms with van der Waals surface area (Å²) in [7, 11) is 0. The Bertz CT molecular complexity index is 627. The van der Waals surface area contributed by atoms with Gasteiger partial charge in [0.2, 0.25) is 0 Å². The first-order chi connectivity index (χ1) is 13.1. The molecule has 1 aliphatic rings. The zero-order chi connectivity index (χ0) is 19.6. The third kappa shape index (κ3) is 6.52. The number of ether oxygens (including phenoxy) is 2. The van der Waals surface area contributed by atoms with E-state index < -0.39 is 0 Å². The second kappa shape index (κ2) is 11.3. The zero-order valence-corrected chi connectivity index (χ0v) is 17.9. The molecule has 1 aromatic rings. The number of halogens is 1. The van der Waals surface area contributed by atoms with Gasteiger partial charge in [-0.3, -0.25) is 9.59 Å². The number of likely N-dealkylation sites (tertiary alicyclic amines) is 1. The number of rotatable bonds is 9. The minimum atomic E-state index is -0.146. The first kappa shape index (κ1) is 21.7. The molecule has 6 heteroatoms. The first-order valence-corrected chi connectivity index (χ1v) is 10.7. The van der Waals surface area contributed by atoms with Crippen LogP contribution in [0.25, 0.3) is 0 Å². The molecule has 1 saturated heterocycles. The Morgan fingerprint density at radius 3 is 2.52 bits per heavy atom. The summed E-state index contributed by atoms with van der Waals surface area (Å²) in [6, 6.07) is 5.48. The number of carbonyl (C=O) groups excluding carboxylic acids is 2. The average molecular weight is 440 g/mol. The molecule has 0 aromatic heterocycles. The first-order valence-electron chi connectivity index (χ1n) is 9.95. The highest BCUT2D eigenvalue weighted by Crippen LogP contribution is 2.28. The fourth-order valence-corrected chi connectivity index (χ4v) is 3.72. The van der Waals surface area contributed by atoms with Crippen molar-refractivity contribution in [3.05, 3.63) is 28.2 Å². The highest BCUT2D eigenvalue weighted by molar-refractivity contribution is 9.10. The molecule has 0 unspecified atom stereocenters. The van der Waals surface area contributed by atoms with E-state index in [2.05, 4.69) is 22.9 Å². The van der Waals surface area contributed by atoms with Gasteiger partial charge in [0.1, 0.15) is 5.75 Å². The van der Waals surface area contributed by atoms with Crippen LogP contribution in [0.2, 0.25) is 0 Å². The molecule has 0 aliphatic carbocycles. The summed E-state index contributed by atoms with van der Waals surface area (Å²) in [5, 5.41) is 0. The number of benzene rings is 1. The van der Waals surface area contributed by atoms with Gasteiger partial charge in [0, 0.05) is 18.7 Å². The monoisotopic (exact) mass is 439 g/mol. The third-order valence-corrected chi connectivity index (χ3v) is 5.46. The number of piperidine rings is 1. The SMILES string of the molecule is CCCCCCOc1ccc(C(=O)N2CCC(C(=O)OCC)CC2)cc1Br. The summed E-state index contributed by atoms with van der Waals surface area (Å²) in [5.41, 5.74) is 0.634. The van der Waals surface area contributed by atoms with Gasteiger partial charge < -0.3 is 14.4 Å². The molecule has 1 aromatic carbocycles. The molecule has 0 atom stereocenters. The number of unbranched alkanes of at least 4 members (excludes halogenated alkanes) is 3. The maximum absolute atomic E-state index is 12.7. The Labute approximate surface area is 170 Å². The van der Waals surface area contributed by atoms with E-state index in [0.29, 0.717) is 44.7 Å². The van der Waals surface area contributed by atoms with E-state index in [9.17, 15) is 9.59 Å². The van der Waals surface area contributed by atoms with Gasteiger partial charge >= 0.3 is 5.97 Å². The predicted molar refractivity (Wildman–Crippen MR) is 109 cm³/mol. The molecular weight excluding hydrogens is 410 g/mol. The highest BCUT2D eigenvalue weighted by atomic mass is 79.9. The molecule has 1 amide bonds.